The summed E-state index contributed by atoms with van der Waals surface area (Å²) in [5.74, 6) is 0.428. The number of unbranched alkanes of at least 4 members (excludes halogenated alkanes) is 1. The highest BCUT2D eigenvalue weighted by Gasteiger charge is 2.16. The fourth-order valence-electron chi connectivity index (χ4n) is 1.72. The van der Waals surface area contributed by atoms with Crippen molar-refractivity contribution in [2.75, 3.05) is 12.3 Å². The minimum Gasteiger partial charge on any atom is -0.368 e. The quantitative estimate of drug-likeness (QED) is 0.755. The number of nitrogens with two attached hydrogens (primary N) is 1. The van der Waals surface area contributed by atoms with Gasteiger partial charge in [0.1, 0.15) is 4.90 Å². The largest absolute Gasteiger partial charge is 0.368 e. The van der Waals surface area contributed by atoms with E-state index in [1.54, 1.807) is 0 Å². The van der Waals surface area contributed by atoms with E-state index in [0.717, 1.165) is 25.7 Å². The minimum atomic E-state index is -3.54. The van der Waals surface area contributed by atoms with Crippen LogP contribution >= 0.6 is 0 Å². The van der Waals surface area contributed by atoms with Gasteiger partial charge in [0.2, 0.25) is 16.0 Å². The van der Waals surface area contributed by atoms with Crippen LogP contribution in [-0.4, -0.2) is 24.9 Å². The molecule has 19 heavy (non-hydrogen) atoms. The molecule has 1 unspecified atom stereocenters. The molecule has 1 heterocycles. The first kappa shape index (κ1) is 15.8. The SMILES string of the molecule is CCCCC(CC)CNS(=O)(=O)c1cnc(N)nc1. The van der Waals surface area contributed by atoms with Gasteiger partial charge in [0, 0.05) is 6.54 Å². The lowest BCUT2D eigenvalue weighted by atomic mass is 10.00. The number of nitrogens with one attached hydrogen (secondary N) is 1. The molecule has 0 spiro atoms. The van der Waals surface area contributed by atoms with E-state index in [1.165, 1.54) is 12.4 Å². The van der Waals surface area contributed by atoms with Gasteiger partial charge in [-0.15, -0.1) is 0 Å². The second-order valence-electron chi connectivity index (χ2n) is 4.55. The number of sulfonamides is 1. The summed E-state index contributed by atoms with van der Waals surface area (Å²) in [5, 5.41) is 0. The molecule has 0 fully saturated rings. The van der Waals surface area contributed by atoms with Gasteiger partial charge in [0.25, 0.3) is 0 Å². The van der Waals surface area contributed by atoms with E-state index in [1.807, 2.05) is 0 Å². The monoisotopic (exact) mass is 286 g/mol. The van der Waals surface area contributed by atoms with E-state index in [9.17, 15) is 8.42 Å². The fourth-order valence-corrected chi connectivity index (χ4v) is 2.72. The van der Waals surface area contributed by atoms with Crippen molar-refractivity contribution in [3.05, 3.63) is 12.4 Å². The van der Waals surface area contributed by atoms with Gasteiger partial charge in [0.15, 0.2) is 0 Å². The summed E-state index contributed by atoms with van der Waals surface area (Å²) in [6, 6.07) is 0. The zero-order valence-electron chi connectivity index (χ0n) is 11.5. The summed E-state index contributed by atoms with van der Waals surface area (Å²) in [6.07, 6.45) is 6.67. The Morgan fingerprint density at radius 3 is 2.47 bits per heavy atom. The molecule has 0 aliphatic rings. The fraction of sp³-hybridized carbons (Fsp3) is 0.667. The molecule has 0 saturated carbocycles. The molecule has 1 atom stereocenters. The summed E-state index contributed by atoms with van der Waals surface area (Å²) >= 11 is 0. The van der Waals surface area contributed by atoms with Crippen molar-refractivity contribution in [2.24, 2.45) is 5.92 Å². The Hall–Kier alpha value is -1.21. The van der Waals surface area contributed by atoms with Gasteiger partial charge in [-0.3, -0.25) is 0 Å². The van der Waals surface area contributed by atoms with Crippen LogP contribution in [0.25, 0.3) is 0 Å². The standard InChI is InChI=1S/C12H22N4O2S/c1-3-5-6-10(4-2)7-16-19(17,18)11-8-14-12(13)15-9-11/h8-10,16H,3-7H2,1-2H3,(H2,13,14,15). The van der Waals surface area contributed by atoms with Crippen LogP contribution in [0.1, 0.15) is 39.5 Å². The van der Waals surface area contributed by atoms with Crippen molar-refractivity contribution in [3.8, 4) is 0 Å². The Balaban J connectivity index is 2.61. The third-order valence-corrected chi connectivity index (χ3v) is 4.44. The van der Waals surface area contributed by atoms with Crippen molar-refractivity contribution in [1.82, 2.24) is 14.7 Å². The van der Waals surface area contributed by atoms with Crippen LogP contribution in [0.3, 0.4) is 0 Å². The van der Waals surface area contributed by atoms with E-state index in [4.69, 9.17) is 5.73 Å². The molecule has 0 aliphatic carbocycles. The zero-order chi connectivity index (χ0) is 14.3. The van der Waals surface area contributed by atoms with Crippen molar-refractivity contribution < 1.29 is 8.42 Å². The van der Waals surface area contributed by atoms with Gasteiger partial charge in [-0.2, -0.15) is 0 Å². The highest BCUT2D eigenvalue weighted by atomic mass is 32.2. The molecule has 3 N–H and O–H groups in total. The Morgan fingerprint density at radius 2 is 1.95 bits per heavy atom. The van der Waals surface area contributed by atoms with E-state index in [-0.39, 0.29) is 10.8 Å². The van der Waals surface area contributed by atoms with E-state index in [2.05, 4.69) is 28.5 Å². The lowest BCUT2D eigenvalue weighted by Gasteiger charge is -2.15. The van der Waals surface area contributed by atoms with E-state index >= 15 is 0 Å². The van der Waals surface area contributed by atoms with Crippen LogP contribution in [0.5, 0.6) is 0 Å². The van der Waals surface area contributed by atoms with Gasteiger partial charge in [-0.05, 0) is 12.3 Å². The molecular formula is C12H22N4O2S. The average Bonchev–Trinajstić information content (AvgIpc) is 2.39. The van der Waals surface area contributed by atoms with Crippen molar-refractivity contribution in [1.29, 1.82) is 0 Å². The number of nitrogens with zero attached hydrogens (tertiary/aromatic N) is 2. The molecule has 0 aliphatic heterocycles. The second kappa shape index (κ2) is 7.40. The Morgan fingerprint density at radius 1 is 1.32 bits per heavy atom. The smallest absolute Gasteiger partial charge is 0.243 e. The molecule has 1 aromatic rings. The maximum Gasteiger partial charge on any atom is 0.243 e. The highest BCUT2D eigenvalue weighted by molar-refractivity contribution is 7.89. The molecule has 1 rings (SSSR count). The third-order valence-electron chi connectivity index (χ3n) is 3.06. The first-order valence-corrected chi connectivity index (χ1v) is 8.05. The number of rotatable bonds is 8. The Bertz CT molecular complexity index is 473. The maximum atomic E-state index is 12.0. The van der Waals surface area contributed by atoms with Gasteiger partial charge in [-0.25, -0.2) is 23.1 Å². The predicted octanol–water partition coefficient (Wildman–Crippen LogP) is 1.55. The molecular weight excluding hydrogens is 264 g/mol. The number of hydrogen-bond acceptors (Lipinski definition) is 5. The molecule has 0 radical (unpaired) electrons. The molecule has 0 bridgehead atoms. The van der Waals surface area contributed by atoms with Crippen LogP contribution in [-0.2, 0) is 10.0 Å². The average molecular weight is 286 g/mol. The molecule has 0 aromatic carbocycles. The van der Waals surface area contributed by atoms with Crippen molar-refractivity contribution in [3.63, 3.8) is 0 Å². The molecule has 108 valence electrons. The van der Waals surface area contributed by atoms with Gasteiger partial charge in [-0.1, -0.05) is 33.1 Å². The van der Waals surface area contributed by atoms with E-state index < -0.39 is 10.0 Å². The lowest BCUT2D eigenvalue weighted by molar-refractivity contribution is 0.443. The highest BCUT2D eigenvalue weighted by Crippen LogP contribution is 2.13. The van der Waals surface area contributed by atoms with Crippen LogP contribution < -0.4 is 10.5 Å². The zero-order valence-corrected chi connectivity index (χ0v) is 12.3. The number of nitrogen functional groups attached to an aromatic ring is 1. The number of aromatic nitrogens is 2. The molecule has 0 saturated heterocycles. The number of hydrogen-bond donors (Lipinski definition) is 2. The van der Waals surface area contributed by atoms with Gasteiger partial charge in [0.05, 0.1) is 12.4 Å². The summed E-state index contributed by atoms with van der Waals surface area (Å²) in [4.78, 5) is 7.43. The lowest BCUT2D eigenvalue weighted by Crippen LogP contribution is -2.29. The second-order valence-corrected chi connectivity index (χ2v) is 6.31. The van der Waals surface area contributed by atoms with Gasteiger partial charge < -0.3 is 5.73 Å². The van der Waals surface area contributed by atoms with Crippen LogP contribution in [0.15, 0.2) is 17.3 Å². The summed E-state index contributed by atoms with van der Waals surface area (Å²) in [7, 11) is -3.54. The normalized spacial score (nSPS) is 13.4. The minimum absolute atomic E-state index is 0.0482. The summed E-state index contributed by atoms with van der Waals surface area (Å²) in [5.41, 5.74) is 5.33. The van der Waals surface area contributed by atoms with Crippen molar-refractivity contribution >= 4 is 16.0 Å². The first-order chi connectivity index (χ1) is 8.99. The summed E-state index contributed by atoms with van der Waals surface area (Å²) < 4.78 is 26.6. The van der Waals surface area contributed by atoms with Gasteiger partial charge >= 0.3 is 0 Å². The molecule has 1 aromatic heterocycles. The van der Waals surface area contributed by atoms with Crippen LogP contribution in [0.2, 0.25) is 0 Å². The van der Waals surface area contributed by atoms with E-state index in [0.29, 0.717) is 12.5 Å². The molecule has 0 amide bonds. The Kier molecular flexibility index (Phi) is 6.17. The molecule has 6 nitrogen and oxygen atoms in total. The molecule has 7 heteroatoms. The topological polar surface area (TPSA) is 98.0 Å². The Labute approximate surface area is 114 Å². The predicted molar refractivity (Wildman–Crippen MR) is 74.9 cm³/mol. The number of anilines is 1. The van der Waals surface area contributed by atoms with Crippen LogP contribution in [0.4, 0.5) is 5.95 Å². The summed E-state index contributed by atoms with van der Waals surface area (Å²) in [6.45, 7) is 4.65. The first-order valence-electron chi connectivity index (χ1n) is 6.56. The maximum absolute atomic E-state index is 12.0. The third kappa shape index (κ3) is 5.12. The van der Waals surface area contributed by atoms with Crippen molar-refractivity contribution in [2.45, 2.75) is 44.4 Å². The van der Waals surface area contributed by atoms with Crippen LogP contribution in [0, 0.1) is 5.92 Å².